The Hall–Kier alpha value is -2.11. The van der Waals surface area contributed by atoms with Crippen molar-refractivity contribution in [3.05, 3.63) is 29.6 Å². The minimum Gasteiger partial charge on any atom is -0.478 e. The molecular formula is C15H21FN2O3. The molecule has 0 aliphatic rings. The molecule has 0 aliphatic carbocycles. The number of carboxylic acid groups (broad SMARTS) is 1. The first-order valence-corrected chi connectivity index (χ1v) is 6.61. The van der Waals surface area contributed by atoms with E-state index in [0.29, 0.717) is 0 Å². The molecule has 0 bridgehead atoms. The maximum absolute atomic E-state index is 13.8. The minimum absolute atomic E-state index is 0.113. The molecule has 0 spiro atoms. The van der Waals surface area contributed by atoms with E-state index in [9.17, 15) is 14.0 Å². The van der Waals surface area contributed by atoms with Gasteiger partial charge in [-0.1, -0.05) is 26.8 Å². The van der Waals surface area contributed by atoms with Crippen molar-refractivity contribution >= 4 is 17.7 Å². The molecule has 2 N–H and O–H groups in total. The first-order chi connectivity index (χ1) is 9.55. The lowest BCUT2D eigenvalue weighted by Crippen LogP contribution is -2.45. The van der Waals surface area contributed by atoms with Crippen LogP contribution in [0.4, 0.5) is 14.9 Å². The summed E-state index contributed by atoms with van der Waals surface area (Å²) in [5, 5.41) is 11.4. The summed E-state index contributed by atoms with van der Waals surface area (Å²) in [6.07, 6.45) is 0. The molecule has 1 unspecified atom stereocenters. The van der Waals surface area contributed by atoms with E-state index in [1.165, 1.54) is 17.0 Å². The molecule has 5 nitrogen and oxygen atoms in total. The van der Waals surface area contributed by atoms with Crippen molar-refractivity contribution in [1.82, 2.24) is 4.90 Å². The fourth-order valence-corrected chi connectivity index (χ4v) is 1.78. The number of rotatable bonds is 3. The van der Waals surface area contributed by atoms with Crippen molar-refractivity contribution in [1.29, 1.82) is 0 Å². The quantitative estimate of drug-likeness (QED) is 0.898. The first-order valence-electron chi connectivity index (χ1n) is 6.61. The molecule has 21 heavy (non-hydrogen) atoms. The number of carbonyl (C=O) groups excluding carboxylic acids is 1. The van der Waals surface area contributed by atoms with Crippen LogP contribution in [0.25, 0.3) is 0 Å². The third-order valence-corrected chi connectivity index (χ3v) is 3.63. The molecule has 0 heterocycles. The summed E-state index contributed by atoms with van der Waals surface area (Å²) in [5.74, 6) is -2.07. The predicted molar refractivity (Wildman–Crippen MR) is 79.1 cm³/mol. The molecule has 0 aliphatic heterocycles. The Morgan fingerprint density at radius 3 is 2.38 bits per heavy atom. The van der Waals surface area contributed by atoms with Crippen molar-refractivity contribution in [3.8, 4) is 0 Å². The Bertz CT molecular complexity index is 552. The second kappa shape index (κ2) is 6.11. The van der Waals surface area contributed by atoms with Crippen molar-refractivity contribution < 1.29 is 19.1 Å². The summed E-state index contributed by atoms with van der Waals surface area (Å²) in [4.78, 5) is 24.7. The number of hydrogen-bond acceptors (Lipinski definition) is 2. The Labute approximate surface area is 123 Å². The molecule has 6 heteroatoms. The summed E-state index contributed by atoms with van der Waals surface area (Å²) in [6, 6.07) is 2.97. The van der Waals surface area contributed by atoms with Gasteiger partial charge in [0.25, 0.3) is 0 Å². The highest BCUT2D eigenvalue weighted by atomic mass is 19.1. The summed E-state index contributed by atoms with van der Waals surface area (Å²) in [7, 11) is 1.59. The van der Waals surface area contributed by atoms with Crippen LogP contribution in [0.1, 0.15) is 38.1 Å². The van der Waals surface area contributed by atoms with Crippen molar-refractivity contribution in [2.45, 2.75) is 33.7 Å². The minimum atomic E-state index is -1.30. The number of amides is 2. The molecule has 1 aromatic rings. The van der Waals surface area contributed by atoms with Crippen LogP contribution >= 0.6 is 0 Å². The van der Waals surface area contributed by atoms with Crippen LogP contribution in [0.15, 0.2) is 18.2 Å². The molecule has 0 radical (unpaired) electrons. The number of para-hydroxylation sites is 1. The lowest BCUT2D eigenvalue weighted by atomic mass is 9.87. The number of benzene rings is 1. The first kappa shape index (κ1) is 16.9. The van der Waals surface area contributed by atoms with Crippen molar-refractivity contribution in [3.63, 3.8) is 0 Å². The maximum Gasteiger partial charge on any atom is 0.337 e. The van der Waals surface area contributed by atoms with Gasteiger partial charge in [0.1, 0.15) is 5.82 Å². The highest BCUT2D eigenvalue weighted by Gasteiger charge is 2.28. The number of nitrogens with zero attached hydrogens (tertiary/aromatic N) is 1. The second-order valence-electron chi connectivity index (χ2n) is 6.05. The lowest BCUT2D eigenvalue weighted by Gasteiger charge is -2.35. The number of hydrogen-bond donors (Lipinski definition) is 2. The van der Waals surface area contributed by atoms with E-state index in [4.69, 9.17) is 5.11 Å². The van der Waals surface area contributed by atoms with E-state index >= 15 is 0 Å². The van der Waals surface area contributed by atoms with Crippen molar-refractivity contribution in [2.24, 2.45) is 5.41 Å². The van der Waals surface area contributed by atoms with Gasteiger partial charge >= 0.3 is 12.0 Å². The number of aromatic carboxylic acids is 1. The summed E-state index contributed by atoms with van der Waals surface area (Å²) in [6.45, 7) is 7.81. The predicted octanol–water partition coefficient (Wildman–Crippen LogP) is 3.42. The van der Waals surface area contributed by atoms with E-state index in [1.54, 1.807) is 7.05 Å². The highest BCUT2D eigenvalue weighted by molar-refractivity contribution is 6.00. The Balaban J connectivity index is 3.02. The molecule has 0 fully saturated rings. The molecular weight excluding hydrogens is 275 g/mol. The zero-order valence-corrected chi connectivity index (χ0v) is 12.9. The second-order valence-corrected chi connectivity index (χ2v) is 6.05. The van der Waals surface area contributed by atoms with Gasteiger partial charge in [-0.05, 0) is 24.5 Å². The van der Waals surface area contributed by atoms with Gasteiger partial charge in [0.2, 0.25) is 0 Å². The third kappa shape index (κ3) is 3.93. The topological polar surface area (TPSA) is 69.6 Å². The fourth-order valence-electron chi connectivity index (χ4n) is 1.78. The summed E-state index contributed by atoms with van der Waals surface area (Å²) < 4.78 is 13.8. The normalized spacial score (nSPS) is 12.7. The molecule has 116 valence electrons. The molecule has 1 rings (SSSR count). The Morgan fingerprint density at radius 1 is 1.33 bits per heavy atom. The molecule has 1 aromatic carbocycles. The number of carbonyl (C=O) groups is 2. The van der Waals surface area contributed by atoms with Gasteiger partial charge in [-0.3, -0.25) is 0 Å². The lowest BCUT2D eigenvalue weighted by molar-refractivity contribution is 0.0697. The molecule has 2 amide bonds. The van der Waals surface area contributed by atoms with Crippen LogP contribution in [0, 0.1) is 11.2 Å². The Morgan fingerprint density at radius 2 is 1.90 bits per heavy atom. The van der Waals surface area contributed by atoms with E-state index in [1.807, 2.05) is 27.7 Å². The van der Waals surface area contributed by atoms with Gasteiger partial charge in [0.15, 0.2) is 0 Å². The molecule has 0 saturated carbocycles. The average molecular weight is 296 g/mol. The van der Waals surface area contributed by atoms with Crippen LogP contribution in [0.2, 0.25) is 0 Å². The van der Waals surface area contributed by atoms with Gasteiger partial charge in [-0.15, -0.1) is 0 Å². The largest absolute Gasteiger partial charge is 0.478 e. The van der Waals surface area contributed by atoms with E-state index in [-0.39, 0.29) is 22.7 Å². The van der Waals surface area contributed by atoms with Gasteiger partial charge in [0.05, 0.1) is 11.3 Å². The van der Waals surface area contributed by atoms with E-state index < -0.39 is 17.8 Å². The molecule has 0 saturated heterocycles. The standard InChI is InChI=1S/C15H21FN2O3/c1-9(15(2,3)4)18(5)14(21)17-12-10(13(19)20)7-6-8-11(12)16/h6-9H,1-5H3,(H,17,21)(H,19,20). The van der Waals surface area contributed by atoms with Gasteiger partial charge in [-0.2, -0.15) is 0 Å². The van der Waals surface area contributed by atoms with Crippen LogP contribution < -0.4 is 5.32 Å². The summed E-state index contributed by atoms with van der Waals surface area (Å²) >= 11 is 0. The van der Waals surface area contributed by atoms with Gasteiger partial charge < -0.3 is 15.3 Å². The average Bonchev–Trinajstić information content (AvgIpc) is 2.37. The number of urea groups is 1. The smallest absolute Gasteiger partial charge is 0.337 e. The SMILES string of the molecule is CC(N(C)C(=O)Nc1c(F)cccc1C(=O)O)C(C)(C)C. The molecule has 0 aromatic heterocycles. The van der Waals surface area contributed by atoms with Crippen LogP contribution in [0.3, 0.4) is 0 Å². The number of nitrogens with one attached hydrogen (secondary N) is 1. The number of halogens is 1. The zero-order valence-electron chi connectivity index (χ0n) is 12.9. The van der Waals surface area contributed by atoms with Gasteiger partial charge in [-0.25, -0.2) is 14.0 Å². The number of anilines is 1. The fraction of sp³-hybridized carbons (Fsp3) is 0.467. The van der Waals surface area contributed by atoms with Gasteiger partial charge in [0, 0.05) is 13.1 Å². The van der Waals surface area contributed by atoms with Crippen LogP contribution in [0.5, 0.6) is 0 Å². The third-order valence-electron chi connectivity index (χ3n) is 3.63. The zero-order chi connectivity index (χ0) is 16.4. The van der Waals surface area contributed by atoms with Crippen LogP contribution in [-0.2, 0) is 0 Å². The number of carboxylic acids is 1. The van der Waals surface area contributed by atoms with E-state index in [2.05, 4.69) is 5.32 Å². The Kier molecular flexibility index (Phi) is 4.93. The highest BCUT2D eigenvalue weighted by Crippen LogP contribution is 2.25. The monoisotopic (exact) mass is 296 g/mol. The van der Waals surface area contributed by atoms with Crippen molar-refractivity contribution in [2.75, 3.05) is 12.4 Å². The van der Waals surface area contributed by atoms with E-state index in [0.717, 1.165) is 6.07 Å². The maximum atomic E-state index is 13.8. The molecule has 1 atom stereocenters. The summed E-state index contributed by atoms with van der Waals surface area (Å²) in [5.41, 5.74) is -0.750. The van der Waals surface area contributed by atoms with Crippen LogP contribution in [-0.4, -0.2) is 35.1 Å².